The van der Waals surface area contributed by atoms with E-state index < -0.39 is 0 Å². The van der Waals surface area contributed by atoms with Crippen molar-refractivity contribution in [3.63, 3.8) is 0 Å². The molecule has 3 fully saturated rings. The molecule has 1 aliphatic carbocycles. The molecule has 0 atom stereocenters. The van der Waals surface area contributed by atoms with Gasteiger partial charge in [-0.05, 0) is 31.6 Å². The van der Waals surface area contributed by atoms with Crippen LogP contribution in [0.2, 0.25) is 0 Å². The molecule has 0 aromatic rings. The maximum atomic E-state index is 5.47. The van der Waals surface area contributed by atoms with E-state index in [0.717, 1.165) is 5.92 Å². The maximum absolute atomic E-state index is 5.47. The molecule has 1 saturated carbocycles. The predicted octanol–water partition coefficient (Wildman–Crippen LogP) is 3.91. The van der Waals surface area contributed by atoms with Crippen molar-refractivity contribution in [2.45, 2.75) is 76.9 Å². The van der Waals surface area contributed by atoms with Crippen molar-refractivity contribution < 1.29 is 4.74 Å². The van der Waals surface area contributed by atoms with Crippen LogP contribution in [0.1, 0.15) is 64.7 Å². The standard InChI is InChI=1S/C7H14.C6H10O/c1-7-5-3-2-4-6-7;1-2-6-4-3-5(1)7-6/h7H,2-6H2,1H3;5-6H,1-4H2. The summed E-state index contributed by atoms with van der Waals surface area (Å²) >= 11 is 0. The Morgan fingerprint density at radius 3 is 1.43 bits per heavy atom. The first kappa shape index (κ1) is 10.5. The quantitative estimate of drug-likeness (QED) is 0.570. The van der Waals surface area contributed by atoms with Crippen LogP contribution in [0.4, 0.5) is 0 Å². The Kier molecular flexibility index (Phi) is 3.86. The summed E-state index contributed by atoms with van der Waals surface area (Å²) in [6.45, 7) is 2.36. The summed E-state index contributed by atoms with van der Waals surface area (Å²) in [6.07, 6.45) is 14.1. The molecule has 14 heavy (non-hydrogen) atoms. The van der Waals surface area contributed by atoms with Gasteiger partial charge in [0.15, 0.2) is 0 Å². The molecule has 0 spiro atoms. The highest BCUT2D eigenvalue weighted by Gasteiger charge is 2.31. The zero-order valence-electron chi connectivity index (χ0n) is 9.50. The molecule has 2 aliphatic heterocycles. The number of ether oxygens (including phenoxy) is 1. The van der Waals surface area contributed by atoms with Crippen molar-refractivity contribution in [3.8, 4) is 0 Å². The molecule has 1 nitrogen and oxygen atoms in total. The predicted molar refractivity (Wildman–Crippen MR) is 59.4 cm³/mol. The Balaban J connectivity index is 0.000000107. The average Bonchev–Trinajstić information content (AvgIpc) is 2.83. The second-order valence-electron chi connectivity index (χ2n) is 5.28. The fourth-order valence-electron chi connectivity index (χ4n) is 2.88. The van der Waals surface area contributed by atoms with Crippen LogP contribution in [-0.4, -0.2) is 12.2 Å². The van der Waals surface area contributed by atoms with Crippen LogP contribution in [0.15, 0.2) is 0 Å². The van der Waals surface area contributed by atoms with Crippen LogP contribution in [0.25, 0.3) is 0 Å². The first-order valence-electron chi connectivity index (χ1n) is 6.50. The van der Waals surface area contributed by atoms with E-state index in [9.17, 15) is 0 Å². The van der Waals surface area contributed by atoms with Crippen molar-refractivity contribution in [3.05, 3.63) is 0 Å². The van der Waals surface area contributed by atoms with Crippen LogP contribution >= 0.6 is 0 Å². The van der Waals surface area contributed by atoms with E-state index in [-0.39, 0.29) is 0 Å². The molecule has 0 N–H and O–H groups in total. The molecule has 3 rings (SSSR count). The van der Waals surface area contributed by atoms with E-state index in [2.05, 4.69) is 6.92 Å². The van der Waals surface area contributed by atoms with Gasteiger partial charge in [0.2, 0.25) is 0 Å². The van der Waals surface area contributed by atoms with Crippen LogP contribution in [0, 0.1) is 5.92 Å². The Morgan fingerprint density at radius 2 is 1.21 bits per heavy atom. The third kappa shape index (κ3) is 2.98. The van der Waals surface area contributed by atoms with Crippen molar-refractivity contribution in [1.29, 1.82) is 0 Å². The summed E-state index contributed by atoms with van der Waals surface area (Å²) < 4.78 is 5.47. The number of fused-ring (bicyclic) bond motifs is 2. The van der Waals surface area contributed by atoms with Gasteiger partial charge in [0, 0.05) is 0 Å². The second-order valence-corrected chi connectivity index (χ2v) is 5.28. The highest BCUT2D eigenvalue weighted by molar-refractivity contribution is 4.81. The molecule has 2 bridgehead atoms. The van der Waals surface area contributed by atoms with Gasteiger partial charge in [-0.25, -0.2) is 0 Å². The minimum atomic E-state index is 0.671. The number of rotatable bonds is 0. The third-order valence-corrected chi connectivity index (χ3v) is 3.90. The molecular weight excluding hydrogens is 172 g/mol. The van der Waals surface area contributed by atoms with E-state index in [1.54, 1.807) is 0 Å². The van der Waals surface area contributed by atoms with Gasteiger partial charge in [0.1, 0.15) is 0 Å². The van der Waals surface area contributed by atoms with Gasteiger partial charge in [0.25, 0.3) is 0 Å². The second kappa shape index (κ2) is 5.16. The highest BCUT2D eigenvalue weighted by Crippen LogP contribution is 2.33. The van der Waals surface area contributed by atoms with Crippen molar-refractivity contribution in [1.82, 2.24) is 0 Å². The van der Waals surface area contributed by atoms with Gasteiger partial charge >= 0.3 is 0 Å². The smallest absolute Gasteiger partial charge is 0.0580 e. The zero-order valence-corrected chi connectivity index (χ0v) is 9.50. The lowest BCUT2D eigenvalue weighted by atomic mass is 9.91. The lowest BCUT2D eigenvalue weighted by Gasteiger charge is -2.15. The fourth-order valence-corrected chi connectivity index (χ4v) is 2.88. The van der Waals surface area contributed by atoms with Gasteiger partial charge in [-0.3, -0.25) is 0 Å². The minimum absolute atomic E-state index is 0.671. The van der Waals surface area contributed by atoms with E-state index >= 15 is 0 Å². The van der Waals surface area contributed by atoms with E-state index in [0.29, 0.717) is 12.2 Å². The molecule has 3 aliphatic rings. The molecular formula is C13H24O. The molecule has 0 amide bonds. The Morgan fingerprint density at radius 1 is 0.714 bits per heavy atom. The summed E-state index contributed by atoms with van der Waals surface area (Å²) in [7, 11) is 0. The van der Waals surface area contributed by atoms with Gasteiger partial charge in [-0.2, -0.15) is 0 Å². The average molecular weight is 196 g/mol. The van der Waals surface area contributed by atoms with Crippen molar-refractivity contribution in [2.75, 3.05) is 0 Å². The van der Waals surface area contributed by atoms with Crippen LogP contribution in [0.3, 0.4) is 0 Å². The molecule has 0 radical (unpaired) electrons. The van der Waals surface area contributed by atoms with Crippen LogP contribution in [0.5, 0.6) is 0 Å². The zero-order chi connectivity index (χ0) is 9.80. The van der Waals surface area contributed by atoms with Gasteiger partial charge < -0.3 is 4.74 Å². The van der Waals surface area contributed by atoms with E-state index in [1.807, 2.05) is 0 Å². The van der Waals surface area contributed by atoms with Crippen LogP contribution < -0.4 is 0 Å². The van der Waals surface area contributed by atoms with E-state index in [1.165, 1.54) is 57.8 Å². The van der Waals surface area contributed by atoms with Gasteiger partial charge in [-0.15, -0.1) is 0 Å². The summed E-state index contributed by atoms with van der Waals surface area (Å²) in [4.78, 5) is 0. The Bertz CT molecular complexity index is 143. The maximum Gasteiger partial charge on any atom is 0.0580 e. The summed E-state index contributed by atoms with van der Waals surface area (Å²) in [6, 6.07) is 0. The lowest BCUT2D eigenvalue weighted by molar-refractivity contribution is 0.105. The molecule has 0 aromatic heterocycles. The molecule has 2 saturated heterocycles. The van der Waals surface area contributed by atoms with Crippen molar-refractivity contribution >= 4 is 0 Å². The van der Waals surface area contributed by atoms with Crippen LogP contribution in [-0.2, 0) is 4.74 Å². The molecule has 82 valence electrons. The Labute approximate surface area is 88.2 Å². The van der Waals surface area contributed by atoms with Gasteiger partial charge in [0.05, 0.1) is 12.2 Å². The summed E-state index contributed by atoms with van der Waals surface area (Å²) in [5, 5.41) is 0. The van der Waals surface area contributed by atoms with Gasteiger partial charge in [-0.1, -0.05) is 39.0 Å². The topological polar surface area (TPSA) is 9.23 Å². The third-order valence-electron chi connectivity index (χ3n) is 3.90. The summed E-state index contributed by atoms with van der Waals surface area (Å²) in [5.74, 6) is 1.04. The summed E-state index contributed by atoms with van der Waals surface area (Å²) in [5.41, 5.74) is 0. The van der Waals surface area contributed by atoms with E-state index in [4.69, 9.17) is 4.74 Å². The fraction of sp³-hybridized carbons (Fsp3) is 1.00. The monoisotopic (exact) mass is 196 g/mol. The highest BCUT2D eigenvalue weighted by atomic mass is 16.5. The largest absolute Gasteiger partial charge is 0.375 e. The molecule has 0 aromatic carbocycles. The van der Waals surface area contributed by atoms with Crippen molar-refractivity contribution in [2.24, 2.45) is 5.92 Å². The molecule has 1 heteroatoms. The number of hydrogen-bond acceptors (Lipinski definition) is 1. The first-order valence-corrected chi connectivity index (χ1v) is 6.50. The molecule has 2 heterocycles. The minimum Gasteiger partial charge on any atom is -0.375 e. The SMILES string of the molecule is C1CC2CCC1O2.CC1CCCCC1. The first-order chi connectivity index (χ1) is 6.84. The lowest BCUT2D eigenvalue weighted by Crippen LogP contribution is -1.99. The normalized spacial score (nSPS) is 36.6. The molecule has 0 unspecified atom stereocenters. The number of hydrogen-bond donors (Lipinski definition) is 0. The Hall–Kier alpha value is -0.0400.